The van der Waals surface area contributed by atoms with E-state index in [-0.39, 0.29) is 6.04 Å². The van der Waals surface area contributed by atoms with Crippen LogP contribution in [0, 0.1) is 11.3 Å². The zero-order valence-electron chi connectivity index (χ0n) is 9.46. The molecule has 0 spiro atoms. The largest absolute Gasteiger partial charge is 0.376 e. The molecule has 0 saturated carbocycles. The molecule has 0 fully saturated rings. The molecule has 0 bridgehead atoms. The van der Waals surface area contributed by atoms with E-state index in [1.165, 1.54) is 0 Å². The number of nitriles is 1. The van der Waals surface area contributed by atoms with Crippen molar-refractivity contribution in [1.82, 2.24) is 9.97 Å². The zero-order chi connectivity index (χ0) is 12.1. The first kappa shape index (κ1) is 11.1. The summed E-state index contributed by atoms with van der Waals surface area (Å²) in [5.74, 6) is 0. The Bertz CT molecular complexity index is 513. The minimum absolute atomic E-state index is 0.103. The van der Waals surface area contributed by atoms with Gasteiger partial charge < -0.3 is 5.32 Å². The third kappa shape index (κ3) is 2.79. The van der Waals surface area contributed by atoms with Gasteiger partial charge >= 0.3 is 0 Å². The molecule has 2 aromatic rings. The molecule has 4 heteroatoms. The SMILES string of the molecule is CC(Nc1ccc(C#N)nc1)c1ccccn1. The van der Waals surface area contributed by atoms with Crippen LogP contribution in [0.5, 0.6) is 0 Å². The molecule has 0 saturated heterocycles. The van der Waals surface area contributed by atoms with Gasteiger partial charge in [-0.1, -0.05) is 6.07 Å². The molecule has 1 N–H and O–H groups in total. The zero-order valence-corrected chi connectivity index (χ0v) is 9.46. The normalized spacial score (nSPS) is 11.5. The minimum Gasteiger partial charge on any atom is -0.376 e. The topological polar surface area (TPSA) is 61.6 Å². The number of hydrogen-bond acceptors (Lipinski definition) is 4. The molecule has 0 amide bonds. The standard InChI is InChI=1S/C13H12N4/c1-10(13-4-2-3-7-15-13)17-12-6-5-11(8-14)16-9-12/h2-7,9-10,17H,1H3. The summed E-state index contributed by atoms with van der Waals surface area (Å²) in [5.41, 5.74) is 2.26. The summed E-state index contributed by atoms with van der Waals surface area (Å²) >= 11 is 0. The van der Waals surface area contributed by atoms with Gasteiger partial charge in [-0.2, -0.15) is 5.26 Å². The number of hydrogen-bond donors (Lipinski definition) is 1. The van der Waals surface area contributed by atoms with Crippen LogP contribution in [-0.2, 0) is 0 Å². The number of pyridine rings is 2. The molecule has 0 aliphatic rings. The lowest BCUT2D eigenvalue weighted by molar-refractivity contribution is 0.838. The van der Waals surface area contributed by atoms with E-state index in [1.807, 2.05) is 37.3 Å². The van der Waals surface area contributed by atoms with Crippen molar-refractivity contribution in [3.63, 3.8) is 0 Å². The molecule has 0 radical (unpaired) electrons. The first-order valence-corrected chi connectivity index (χ1v) is 5.33. The van der Waals surface area contributed by atoms with Gasteiger partial charge in [0.15, 0.2) is 0 Å². The maximum Gasteiger partial charge on any atom is 0.140 e. The summed E-state index contributed by atoms with van der Waals surface area (Å²) in [6, 6.07) is 11.4. The molecule has 84 valence electrons. The van der Waals surface area contributed by atoms with Gasteiger partial charge in [-0.25, -0.2) is 4.98 Å². The summed E-state index contributed by atoms with van der Waals surface area (Å²) < 4.78 is 0. The van der Waals surface area contributed by atoms with Gasteiger partial charge in [0.05, 0.1) is 23.6 Å². The number of anilines is 1. The Morgan fingerprint density at radius 3 is 2.71 bits per heavy atom. The summed E-state index contributed by atoms with van der Waals surface area (Å²) in [6.07, 6.45) is 3.42. The third-order valence-corrected chi connectivity index (χ3v) is 2.39. The van der Waals surface area contributed by atoms with E-state index in [0.29, 0.717) is 5.69 Å². The van der Waals surface area contributed by atoms with E-state index in [2.05, 4.69) is 15.3 Å². The monoisotopic (exact) mass is 224 g/mol. The average molecular weight is 224 g/mol. The van der Waals surface area contributed by atoms with E-state index in [0.717, 1.165) is 11.4 Å². The number of aromatic nitrogens is 2. The Hall–Kier alpha value is -2.41. The van der Waals surface area contributed by atoms with Gasteiger partial charge in [-0.3, -0.25) is 4.98 Å². The molecule has 2 heterocycles. The van der Waals surface area contributed by atoms with E-state index in [9.17, 15) is 0 Å². The Kier molecular flexibility index (Phi) is 3.31. The van der Waals surface area contributed by atoms with Gasteiger partial charge in [0, 0.05) is 6.20 Å². The first-order valence-electron chi connectivity index (χ1n) is 5.33. The Morgan fingerprint density at radius 2 is 2.12 bits per heavy atom. The lowest BCUT2D eigenvalue weighted by Gasteiger charge is -2.14. The van der Waals surface area contributed by atoms with Gasteiger partial charge in [-0.05, 0) is 31.2 Å². The van der Waals surface area contributed by atoms with Crippen molar-refractivity contribution in [2.75, 3.05) is 5.32 Å². The highest BCUT2D eigenvalue weighted by molar-refractivity contribution is 5.44. The number of rotatable bonds is 3. The molecule has 0 aromatic carbocycles. The molecule has 0 aliphatic heterocycles. The van der Waals surface area contributed by atoms with E-state index in [4.69, 9.17) is 5.26 Å². The van der Waals surface area contributed by atoms with Crippen LogP contribution in [-0.4, -0.2) is 9.97 Å². The Morgan fingerprint density at radius 1 is 1.24 bits per heavy atom. The summed E-state index contributed by atoms with van der Waals surface area (Å²) in [4.78, 5) is 8.27. The Balaban J connectivity index is 2.08. The van der Waals surface area contributed by atoms with Crippen LogP contribution in [0.4, 0.5) is 5.69 Å². The number of nitrogens with one attached hydrogen (secondary N) is 1. The van der Waals surface area contributed by atoms with Crippen molar-refractivity contribution in [2.24, 2.45) is 0 Å². The fourth-order valence-corrected chi connectivity index (χ4v) is 1.50. The molecule has 2 aromatic heterocycles. The predicted octanol–water partition coefficient (Wildman–Crippen LogP) is 2.52. The van der Waals surface area contributed by atoms with Crippen molar-refractivity contribution in [3.05, 3.63) is 54.1 Å². The molecule has 4 nitrogen and oxygen atoms in total. The lowest BCUT2D eigenvalue weighted by atomic mass is 10.2. The van der Waals surface area contributed by atoms with Crippen LogP contribution in [0.15, 0.2) is 42.7 Å². The highest BCUT2D eigenvalue weighted by Gasteiger charge is 2.05. The van der Waals surface area contributed by atoms with Gasteiger partial charge in [0.1, 0.15) is 11.8 Å². The summed E-state index contributed by atoms with van der Waals surface area (Å²) in [7, 11) is 0. The van der Waals surface area contributed by atoms with Crippen molar-refractivity contribution in [2.45, 2.75) is 13.0 Å². The third-order valence-electron chi connectivity index (χ3n) is 2.39. The quantitative estimate of drug-likeness (QED) is 0.870. The smallest absolute Gasteiger partial charge is 0.140 e. The fourth-order valence-electron chi connectivity index (χ4n) is 1.50. The predicted molar refractivity (Wildman–Crippen MR) is 65.2 cm³/mol. The second-order valence-corrected chi connectivity index (χ2v) is 3.66. The van der Waals surface area contributed by atoms with Crippen LogP contribution in [0.1, 0.15) is 24.4 Å². The fraction of sp³-hybridized carbons (Fsp3) is 0.154. The van der Waals surface area contributed by atoms with Crippen LogP contribution >= 0.6 is 0 Å². The van der Waals surface area contributed by atoms with Crippen molar-refractivity contribution >= 4 is 5.69 Å². The van der Waals surface area contributed by atoms with Gasteiger partial charge in [-0.15, -0.1) is 0 Å². The molecule has 2 rings (SSSR count). The second kappa shape index (κ2) is 5.08. The lowest BCUT2D eigenvalue weighted by Crippen LogP contribution is -2.08. The molecule has 1 atom stereocenters. The molecule has 17 heavy (non-hydrogen) atoms. The molecular weight excluding hydrogens is 212 g/mol. The van der Waals surface area contributed by atoms with E-state index in [1.54, 1.807) is 18.5 Å². The average Bonchev–Trinajstić information content (AvgIpc) is 2.40. The van der Waals surface area contributed by atoms with Crippen LogP contribution in [0.2, 0.25) is 0 Å². The van der Waals surface area contributed by atoms with Gasteiger partial charge in [0.2, 0.25) is 0 Å². The van der Waals surface area contributed by atoms with Crippen molar-refractivity contribution in [3.8, 4) is 6.07 Å². The molecule has 0 aliphatic carbocycles. The van der Waals surface area contributed by atoms with Crippen LogP contribution in [0.3, 0.4) is 0 Å². The highest BCUT2D eigenvalue weighted by atomic mass is 14.9. The summed E-state index contributed by atoms with van der Waals surface area (Å²) in [5, 5.41) is 11.9. The first-order chi connectivity index (χ1) is 8.29. The van der Waals surface area contributed by atoms with Crippen molar-refractivity contribution < 1.29 is 0 Å². The minimum atomic E-state index is 0.103. The number of nitrogens with zero attached hydrogens (tertiary/aromatic N) is 3. The van der Waals surface area contributed by atoms with Crippen molar-refractivity contribution in [1.29, 1.82) is 5.26 Å². The van der Waals surface area contributed by atoms with E-state index >= 15 is 0 Å². The maximum atomic E-state index is 8.65. The van der Waals surface area contributed by atoms with Gasteiger partial charge in [0.25, 0.3) is 0 Å². The molecular formula is C13H12N4. The van der Waals surface area contributed by atoms with E-state index < -0.39 is 0 Å². The molecule has 1 unspecified atom stereocenters. The van der Waals surface area contributed by atoms with Crippen LogP contribution < -0.4 is 5.32 Å². The van der Waals surface area contributed by atoms with Crippen LogP contribution in [0.25, 0.3) is 0 Å². The Labute approximate surface area is 100.0 Å². The maximum absolute atomic E-state index is 8.65. The second-order valence-electron chi connectivity index (χ2n) is 3.66. The highest BCUT2D eigenvalue weighted by Crippen LogP contribution is 2.16. The summed E-state index contributed by atoms with van der Waals surface area (Å²) in [6.45, 7) is 2.03.